The molecule has 0 fully saturated rings. The van der Waals surface area contributed by atoms with Crippen LogP contribution in [0.4, 0.5) is 15.9 Å². The minimum atomic E-state index is -0.533. The van der Waals surface area contributed by atoms with Crippen LogP contribution >= 0.6 is 0 Å². The summed E-state index contributed by atoms with van der Waals surface area (Å²) in [5.41, 5.74) is 7.65. The molecule has 0 saturated carbocycles. The first kappa shape index (κ1) is 20.5. The number of hydrogen-bond donors (Lipinski definition) is 2. The molecule has 2 aromatic carbocycles. The topological polar surface area (TPSA) is 87.2 Å². The Kier molecular flexibility index (Phi) is 5.62. The summed E-state index contributed by atoms with van der Waals surface area (Å²) in [6.07, 6.45) is 1.62. The van der Waals surface area contributed by atoms with Gasteiger partial charge in [-0.2, -0.15) is 5.10 Å². The summed E-state index contributed by atoms with van der Waals surface area (Å²) in [6, 6.07) is 13.9. The predicted octanol–water partition coefficient (Wildman–Crippen LogP) is 4.82. The zero-order valence-electron chi connectivity index (χ0n) is 17.6. The van der Waals surface area contributed by atoms with E-state index in [0.29, 0.717) is 34.8 Å². The van der Waals surface area contributed by atoms with Gasteiger partial charge in [-0.3, -0.25) is 0 Å². The smallest absolute Gasteiger partial charge is 0.167 e. The number of nitrogens with two attached hydrogens (primary N) is 1. The van der Waals surface area contributed by atoms with Crippen LogP contribution in [0.15, 0.2) is 54.7 Å². The lowest BCUT2D eigenvalue weighted by atomic mass is 10.2. The Labute approximate surface area is 179 Å². The van der Waals surface area contributed by atoms with E-state index in [1.165, 1.54) is 12.1 Å². The van der Waals surface area contributed by atoms with Gasteiger partial charge in [-0.15, -0.1) is 0 Å². The first-order valence-electron chi connectivity index (χ1n) is 9.92. The van der Waals surface area contributed by atoms with Gasteiger partial charge in [0.25, 0.3) is 0 Å². The van der Waals surface area contributed by atoms with E-state index in [0.717, 1.165) is 11.3 Å². The summed E-state index contributed by atoms with van der Waals surface area (Å²) >= 11 is 0. The Balaban J connectivity index is 1.76. The second-order valence-corrected chi connectivity index (χ2v) is 7.45. The average molecular weight is 421 g/mol. The monoisotopic (exact) mass is 421 g/mol. The number of benzene rings is 2. The molecule has 3 N–H and O–H groups in total. The predicted molar refractivity (Wildman–Crippen MR) is 119 cm³/mol. The van der Waals surface area contributed by atoms with Crippen molar-refractivity contribution in [2.24, 2.45) is 0 Å². The largest absolute Gasteiger partial charge is 0.497 e. The number of halogens is 1. The van der Waals surface area contributed by atoms with Gasteiger partial charge in [0.05, 0.1) is 13.7 Å². The quantitative estimate of drug-likeness (QED) is 0.416. The molecule has 2 aromatic heterocycles. The third-order valence-corrected chi connectivity index (χ3v) is 4.69. The summed E-state index contributed by atoms with van der Waals surface area (Å²) in [4.78, 5) is 4.52. The maximum absolute atomic E-state index is 14.3. The van der Waals surface area contributed by atoms with Crippen molar-refractivity contribution in [3.05, 3.63) is 66.1 Å². The summed E-state index contributed by atoms with van der Waals surface area (Å²) in [7, 11) is 1.63. The summed E-state index contributed by atoms with van der Waals surface area (Å²) < 4.78 is 27.3. The fraction of sp³-hybridized carbons (Fsp3) is 0.217. The minimum absolute atomic E-state index is 0.0834. The van der Waals surface area contributed by atoms with Crippen LogP contribution < -0.4 is 20.5 Å². The van der Waals surface area contributed by atoms with Crippen molar-refractivity contribution in [3.8, 4) is 17.2 Å². The van der Waals surface area contributed by atoms with Gasteiger partial charge in [-0.1, -0.05) is 12.1 Å². The molecule has 2 heterocycles. The number of ether oxygens (including phenoxy) is 2. The molecule has 0 atom stereocenters. The van der Waals surface area contributed by atoms with E-state index in [-0.39, 0.29) is 11.8 Å². The number of methoxy groups -OCH3 is 1. The van der Waals surface area contributed by atoms with Crippen LogP contribution in [-0.4, -0.2) is 27.9 Å². The first-order chi connectivity index (χ1) is 14.9. The van der Waals surface area contributed by atoms with E-state index < -0.39 is 5.82 Å². The molecule has 0 amide bonds. The molecular weight excluding hydrogens is 397 g/mol. The Morgan fingerprint density at radius 1 is 1.10 bits per heavy atom. The Hall–Kier alpha value is -3.81. The molecule has 0 aliphatic carbocycles. The van der Waals surface area contributed by atoms with Crippen molar-refractivity contribution in [2.75, 3.05) is 18.2 Å². The highest BCUT2D eigenvalue weighted by molar-refractivity contribution is 5.93. The summed E-state index contributed by atoms with van der Waals surface area (Å²) in [5.74, 6) is 1.42. The van der Waals surface area contributed by atoms with Crippen LogP contribution in [0, 0.1) is 5.82 Å². The van der Waals surface area contributed by atoms with Crippen molar-refractivity contribution in [3.63, 3.8) is 0 Å². The highest BCUT2D eigenvalue weighted by Gasteiger charge is 2.19. The maximum Gasteiger partial charge on any atom is 0.167 e. The molecule has 0 aliphatic rings. The lowest BCUT2D eigenvalue weighted by molar-refractivity contribution is 0.414. The molecule has 0 unspecified atom stereocenters. The highest BCUT2D eigenvalue weighted by atomic mass is 19.1. The van der Waals surface area contributed by atoms with Crippen LogP contribution in [0.1, 0.15) is 19.4 Å². The molecule has 8 heteroatoms. The van der Waals surface area contributed by atoms with Gasteiger partial charge in [0.2, 0.25) is 0 Å². The highest BCUT2D eigenvalue weighted by Crippen LogP contribution is 2.35. The van der Waals surface area contributed by atoms with Gasteiger partial charge < -0.3 is 20.5 Å². The minimum Gasteiger partial charge on any atom is -0.497 e. The van der Waals surface area contributed by atoms with E-state index in [1.807, 2.05) is 38.1 Å². The van der Waals surface area contributed by atoms with E-state index in [4.69, 9.17) is 20.3 Å². The molecule has 4 rings (SSSR count). The van der Waals surface area contributed by atoms with Gasteiger partial charge in [0.15, 0.2) is 23.0 Å². The fourth-order valence-electron chi connectivity index (χ4n) is 3.26. The van der Waals surface area contributed by atoms with Gasteiger partial charge in [0.1, 0.15) is 16.9 Å². The number of nitrogen functional groups attached to an aromatic ring is 1. The van der Waals surface area contributed by atoms with Gasteiger partial charge in [-0.05, 0) is 43.7 Å². The molecule has 31 heavy (non-hydrogen) atoms. The van der Waals surface area contributed by atoms with Crippen LogP contribution in [0.5, 0.6) is 17.2 Å². The molecule has 0 bridgehead atoms. The fourth-order valence-corrected chi connectivity index (χ4v) is 3.26. The van der Waals surface area contributed by atoms with Crippen molar-refractivity contribution < 1.29 is 13.9 Å². The average Bonchev–Trinajstić information content (AvgIpc) is 3.08. The van der Waals surface area contributed by atoms with Crippen LogP contribution in [0.3, 0.4) is 0 Å². The van der Waals surface area contributed by atoms with E-state index in [9.17, 15) is 4.39 Å². The van der Waals surface area contributed by atoms with Crippen molar-refractivity contribution in [1.82, 2.24) is 14.8 Å². The zero-order chi connectivity index (χ0) is 22.0. The molecule has 160 valence electrons. The lowest BCUT2D eigenvalue weighted by Gasteiger charge is -2.11. The van der Waals surface area contributed by atoms with Crippen LogP contribution in [0.2, 0.25) is 0 Å². The van der Waals surface area contributed by atoms with E-state index in [1.54, 1.807) is 30.1 Å². The number of rotatable bonds is 7. The zero-order valence-corrected chi connectivity index (χ0v) is 17.6. The first-order valence-corrected chi connectivity index (χ1v) is 9.92. The number of pyridine rings is 1. The standard InChI is InChI=1S/C23H24FN5O2/c1-14(2)27-22-21-20(31-19-9-6-16(25)12-18(19)24)10-11-26-23(21)29(28-22)13-15-4-7-17(30-3)8-5-15/h4-12,14H,13,25H2,1-3H3,(H,27,28). The van der Waals surface area contributed by atoms with Crippen LogP contribution in [-0.2, 0) is 6.54 Å². The van der Waals surface area contributed by atoms with Crippen molar-refractivity contribution in [1.29, 1.82) is 0 Å². The number of fused-ring (bicyclic) bond motifs is 1. The van der Waals surface area contributed by atoms with E-state index >= 15 is 0 Å². The van der Waals surface area contributed by atoms with Gasteiger partial charge >= 0.3 is 0 Å². The molecule has 0 saturated heterocycles. The van der Waals surface area contributed by atoms with Crippen molar-refractivity contribution >= 4 is 22.5 Å². The number of nitrogens with one attached hydrogen (secondary N) is 1. The molecule has 0 aliphatic heterocycles. The maximum atomic E-state index is 14.3. The number of aromatic nitrogens is 3. The van der Waals surface area contributed by atoms with Crippen LogP contribution in [0.25, 0.3) is 11.0 Å². The van der Waals surface area contributed by atoms with Crippen molar-refractivity contribution in [2.45, 2.75) is 26.4 Å². The second-order valence-electron chi connectivity index (χ2n) is 7.45. The summed E-state index contributed by atoms with van der Waals surface area (Å²) in [6.45, 7) is 4.54. The molecule has 4 aromatic rings. The second kappa shape index (κ2) is 8.51. The molecular formula is C23H24FN5O2. The molecule has 7 nitrogen and oxygen atoms in total. The number of anilines is 2. The Bertz CT molecular complexity index is 1200. The number of hydrogen-bond acceptors (Lipinski definition) is 6. The summed E-state index contributed by atoms with van der Waals surface area (Å²) in [5, 5.41) is 8.74. The third kappa shape index (κ3) is 4.37. The lowest BCUT2D eigenvalue weighted by Crippen LogP contribution is -2.11. The Morgan fingerprint density at radius 3 is 2.55 bits per heavy atom. The van der Waals surface area contributed by atoms with E-state index in [2.05, 4.69) is 10.3 Å². The van der Waals surface area contributed by atoms with Gasteiger partial charge in [-0.25, -0.2) is 14.1 Å². The third-order valence-electron chi connectivity index (χ3n) is 4.69. The SMILES string of the molecule is COc1ccc(Cn2nc(NC(C)C)c3c(Oc4ccc(N)cc4F)ccnc32)cc1. The Morgan fingerprint density at radius 2 is 1.87 bits per heavy atom. The number of nitrogens with zero attached hydrogens (tertiary/aromatic N) is 3. The normalized spacial score (nSPS) is 11.1. The molecule has 0 radical (unpaired) electrons. The molecule has 0 spiro atoms. The van der Waals surface area contributed by atoms with Gasteiger partial charge in [0, 0.05) is 30.1 Å².